The first-order valence-corrected chi connectivity index (χ1v) is 13.4. The zero-order valence-electron chi connectivity index (χ0n) is 20.5. The molecule has 0 heterocycles. The van der Waals surface area contributed by atoms with Crippen LogP contribution in [0.15, 0.2) is 72.3 Å². The summed E-state index contributed by atoms with van der Waals surface area (Å²) in [4.78, 5) is 25.1. The number of allylic oxidation sites excluding steroid dienone is 1. The van der Waals surface area contributed by atoms with Gasteiger partial charge in [0.25, 0.3) is 0 Å². The molecular formula is C26H35N2O6P. The summed E-state index contributed by atoms with van der Waals surface area (Å²) >= 11 is 0. The highest BCUT2D eigenvalue weighted by atomic mass is 31.2. The standard InChI is InChI=1S/C26H35N2O6P/c1-20(17-29)11-10-16-35(32,27-21(2)25(30)33-18-23-12-6-4-7-13-23)28-22(3)26(31)34-19-24-14-8-5-9-15-24/h4-9,11-15,21-22,29H,10,16-19H2,1-3H3,(H2,27,28,32)/b20-11+/t21-,22-/m0/s1. The van der Waals surface area contributed by atoms with Crippen molar-refractivity contribution in [3.05, 3.63) is 83.4 Å². The summed E-state index contributed by atoms with van der Waals surface area (Å²) in [7, 11) is -3.43. The molecule has 0 saturated carbocycles. The van der Waals surface area contributed by atoms with Gasteiger partial charge in [-0.1, -0.05) is 72.3 Å². The molecule has 2 aromatic carbocycles. The van der Waals surface area contributed by atoms with E-state index in [0.29, 0.717) is 6.42 Å². The lowest BCUT2D eigenvalue weighted by Crippen LogP contribution is -2.42. The van der Waals surface area contributed by atoms with E-state index in [1.54, 1.807) is 26.8 Å². The van der Waals surface area contributed by atoms with Crippen LogP contribution in [-0.4, -0.2) is 41.9 Å². The Kier molecular flexibility index (Phi) is 11.9. The summed E-state index contributed by atoms with van der Waals surface area (Å²) in [5, 5.41) is 14.9. The fourth-order valence-electron chi connectivity index (χ4n) is 3.16. The molecule has 0 aliphatic carbocycles. The van der Waals surface area contributed by atoms with Crippen LogP contribution in [0.4, 0.5) is 0 Å². The van der Waals surface area contributed by atoms with Crippen LogP contribution in [0.1, 0.15) is 38.3 Å². The average Bonchev–Trinajstić information content (AvgIpc) is 2.86. The maximum Gasteiger partial charge on any atom is 0.323 e. The third-order valence-corrected chi connectivity index (χ3v) is 7.64. The minimum Gasteiger partial charge on any atom is -0.460 e. The van der Waals surface area contributed by atoms with Gasteiger partial charge in [0.2, 0.25) is 7.44 Å². The Hall–Kier alpha value is -2.77. The largest absolute Gasteiger partial charge is 0.460 e. The van der Waals surface area contributed by atoms with E-state index in [9.17, 15) is 19.3 Å². The molecule has 0 unspecified atom stereocenters. The first kappa shape index (κ1) is 28.5. The van der Waals surface area contributed by atoms with Gasteiger partial charge in [0, 0.05) is 6.16 Å². The SMILES string of the molecule is C/C(=C\CCP(=O)(N[C@@H](C)C(=O)OCc1ccccc1)N[C@@H](C)C(=O)OCc1ccccc1)CO. The van der Waals surface area contributed by atoms with Crippen LogP contribution in [0, 0.1) is 0 Å². The second kappa shape index (κ2) is 14.6. The van der Waals surface area contributed by atoms with Crippen LogP contribution in [0.5, 0.6) is 0 Å². The predicted molar refractivity (Wildman–Crippen MR) is 136 cm³/mol. The Labute approximate surface area is 207 Å². The third kappa shape index (κ3) is 10.6. The maximum absolute atomic E-state index is 13.7. The number of nitrogens with one attached hydrogen (secondary N) is 2. The molecule has 0 radical (unpaired) electrons. The number of carbonyl (C=O) groups excluding carboxylic acids is 2. The van der Waals surface area contributed by atoms with Gasteiger partial charge in [-0.15, -0.1) is 0 Å². The third-order valence-electron chi connectivity index (χ3n) is 5.15. The molecule has 0 bridgehead atoms. The first-order chi connectivity index (χ1) is 16.7. The van der Waals surface area contributed by atoms with E-state index in [0.717, 1.165) is 16.7 Å². The van der Waals surface area contributed by atoms with Crippen molar-refractivity contribution in [3.8, 4) is 0 Å². The summed E-state index contributed by atoms with van der Waals surface area (Å²) < 4.78 is 24.4. The fraction of sp³-hybridized carbons (Fsp3) is 0.385. The van der Waals surface area contributed by atoms with E-state index < -0.39 is 31.5 Å². The van der Waals surface area contributed by atoms with Crippen molar-refractivity contribution in [1.82, 2.24) is 10.2 Å². The van der Waals surface area contributed by atoms with Gasteiger partial charge in [-0.05, 0) is 38.3 Å². The number of ether oxygens (including phenoxy) is 2. The molecule has 0 aliphatic heterocycles. The van der Waals surface area contributed by atoms with E-state index in [4.69, 9.17) is 9.47 Å². The van der Waals surface area contributed by atoms with Crippen molar-refractivity contribution in [2.75, 3.05) is 12.8 Å². The van der Waals surface area contributed by atoms with Crippen molar-refractivity contribution in [3.63, 3.8) is 0 Å². The molecular weight excluding hydrogens is 467 g/mol. The summed E-state index contributed by atoms with van der Waals surface area (Å²) in [5.41, 5.74) is 2.42. The lowest BCUT2D eigenvalue weighted by Gasteiger charge is -2.26. The lowest BCUT2D eigenvalue weighted by molar-refractivity contribution is -0.147. The van der Waals surface area contributed by atoms with Gasteiger partial charge in [0.15, 0.2) is 0 Å². The molecule has 190 valence electrons. The minimum atomic E-state index is -3.43. The molecule has 9 heteroatoms. The molecule has 2 atom stereocenters. The highest BCUT2D eigenvalue weighted by Crippen LogP contribution is 2.38. The number of carbonyl (C=O) groups is 2. The molecule has 0 aliphatic rings. The molecule has 2 aromatic rings. The highest BCUT2D eigenvalue weighted by molar-refractivity contribution is 7.59. The molecule has 0 amide bonds. The Morgan fingerprint density at radius 1 is 0.886 bits per heavy atom. The van der Waals surface area contributed by atoms with Crippen molar-refractivity contribution < 1.29 is 28.7 Å². The van der Waals surface area contributed by atoms with E-state index in [1.165, 1.54) is 0 Å². The first-order valence-electron chi connectivity index (χ1n) is 11.5. The van der Waals surface area contributed by atoms with Crippen LogP contribution in [-0.2, 0) is 36.8 Å². The molecule has 0 fully saturated rings. The predicted octanol–water partition coefficient (Wildman–Crippen LogP) is 3.95. The Balaban J connectivity index is 2.00. The minimum absolute atomic E-state index is 0.101. The summed E-state index contributed by atoms with van der Waals surface area (Å²) in [5.74, 6) is -1.12. The Bertz CT molecular complexity index is 946. The van der Waals surface area contributed by atoms with Crippen LogP contribution in [0.3, 0.4) is 0 Å². The molecule has 8 nitrogen and oxygen atoms in total. The number of hydrogen-bond acceptors (Lipinski definition) is 6. The number of aliphatic hydroxyl groups is 1. The van der Waals surface area contributed by atoms with E-state index in [2.05, 4.69) is 10.2 Å². The van der Waals surface area contributed by atoms with Crippen LogP contribution in [0.25, 0.3) is 0 Å². The van der Waals surface area contributed by atoms with Gasteiger partial charge >= 0.3 is 11.9 Å². The van der Waals surface area contributed by atoms with E-state index in [1.807, 2.05) is 60.7 Å². The second-order valence-electron chi connectivity index (χ2n) is 8.35. The topological polar surface area (TPSA) is 114 Å². The molecule has 0 saturated heterocycles. The molecule has 0 aromatic heterocycles. The van der Waals surface area contributed by atoms with Gasteiger partial charge < -0.3 is 14.6 Å². The van der Waals surface area contributed by atoms with Gasteiger partial charge in [-0.3, -0.25) is 14.2 Å². The Morgan fingerprint density at radius 3 is 1.71 bits per heavy atom. The smallest absolute Gasteiger partial charge is 0.323 e. The van der Waals surface area contributed by atoms with Crippen molar-refractivity contribution in [2.45, 2.75) is 52.5 Å². The van der Waals surface area contributed by atoms with Crippen LogP contribution >= 0.6 is 7.44 Å². The highest BCUT2D eigenvalue weighted by Gasteiger charge is 2.31. The zero-order valence-corrected chi connectivity index (χ0v) is 21.4. The van der Waals surface area contributed by atoms with Crippen molar-refractivity contribution in [1.29, 1.82) is 0 Å². The summed E-state index contributed by atoms with van der Waals surface area (Å²) in [6.07, 6.45) is 2.27. The van der Waals surface area contributed by atoms with Crippen molar-refractivity contribution >= 4 is 19.4 Å². The van der Waals surface area contributed by atoms with Gasteiger partial charge in [0.05, 0.1) is 6.61 Å². The number of rotatable bonds is 14. The Morgan fingerprint density at radius 2 is 1.31 bits per heavy atom. The maximum atomic E-state index is 13.7. The van der Waals surface area contributed by atoms with Crippen molar-refractivity contribution in [2.24, 2.45) is 0 Å². The molecule has 3 N–H and O–H groups in total. The number of esters is 2. The number of hydrogen-bond donors (Lipinski definition) is 3. The number of aliphatic hydroxyl groups excluding tert-OH is 1. The summed E-state index contributed by atoms with van der Waals surface area (Å²) in [6.45, 7) is 4.99. The quantitative estimate of drug-likeness (QED) is 0.202. The van der Waals surface area contributed by atoms with Crippen LogP contribution < -0.4 is 10.2 Å². The zero-order chi connectivity index (χ0) is 25.7. The number of benzene rings is 2. The summed E-state index contributed by atoms with van der Waals surface area (Å²) in [6, 6.07) is 16.8. The van der Waals surface area contributed by atoms with Crippen LogP contribution in [0.2, 0.25) is 0 Å². The van der Waals surface area contributed by atoms with Gasteiger partial charge in [-0.25, -0.2) is 10.2 Å². The fourth-order valence-corrected chi connectivity index (χ4v) is 5.45. The van der Waals surface area contributed by atoms with E-state index in [-0.39, 0.29) is 26.0 Å². The monoisotopic (exact) mass is 502 g/mol. The van der Waals surface area contributed by atoms with Gasteiger partial charge in [-0.2, -0.15) is 0 Å². The molecule has 0 spiro atoms. The van der Waals surface area contributed by atoms with E-state index >= 15 is 0 Å². The normalized spacial score (nSPS) is 13.7. The second-order valence-corrected chi connectivity index (χ2v) is 10.8. The molecule has 2 rings (SSSR count). The molecule has 35 heavy (non-hydrogen) atoms. The lowest BCUT2D eigenvalue weighted by atomic mass is 10.2. The average molecular weight is 503 g/mol. The van der Waals surface area contributed by atoms with Gasteiger partial charge in [0.1, 0.15) is 25.3 Å².